The molecule has 26 heavy (non-hydrogen) atoms. The van der Waals surface area contributed by atoms with Gasteiger partial charge in [0.25, 0.3) is 0 Å². The first kappa shape index (κ1) is 19.4. The topological polar surface area (TPSA) is 66.6 Å². The van der Waals surface area contributed by atoms with Gasteiger partial charge in [-0.25, -0.2) is 5.43 Å². The first-order valence-electron chi connectivity index (χ1n) is 10.5. The second kappa shape index (κ2) is 9.03. The third kappa shape index (κ3) is 4.22. The maximum Gasteiger partial charge on any atom is 0.0749 e. The average molecular weight is 387 g/mol. The van der Waals surface area contributed by atoms with Crippen molar-refractivity contribution in [2.45, 2.75) is 68.3 Å². The second-order valence-electron chi connectivity index (χ2n) is 8.50. The van der Waals surface area contributed by atoms with E-state index >= 15 is 0 Å². The van der Waals surface area contributed by atoms with Crippen LogP contribution in [0.25, 0.3) is 0 Å². The van der Waals surface area contributed by atoms with Gasteiger partial charge in [0.05, 0.1) is 18.4 Å². The van der Waals surface area contributed by atoms with E-state index in [4.69, 9.17) is 21.1 Å². The SMILES string of the molecule is COC1CC(Cl)CCC1C1NNC(NC[C@H]2CCCO2)C2CNCCC21. The van der Waals surface area contributed by atoms with E-state index in [2.05, 4.69) is 21.5 Å². The van der Waals surface area contributed by atoms with Crippen LogP contribution in [0.2, 0.25) is 0 Å². The molecule has 0 spiro atoms. The standard InChI is InChI=1S/C19H35ClN4O2/c1-25-17-9-12(20)4-5-15(17)18-14-6-7-21-11-16(14)19(24-23-18)22-10-13-3-2-8-26-13/h12-19,21-24H,2-11H2,1H3/t12?,13-,14?,15?,16?,17?,18?,19?/m1/s1. The summed E-state index contributed by atoms with van der Waals surface area (Å²) in [5.41, 5.74) is 7.29. The molecule has 7 heteroatoms. The van der Waals surface area contributed by atoms with Crippen molar-refractivity contribution < 1.29 is 9.47 Å². The molecule has 0 amide bonds. The van der Waals surface area contributed by atoms with Crippen molar-refractivity contribution in [2.24, 2.45) is 17.8 Å². The molecule has 0 aromatic carbocycles. The summed E-state index contributed by atoms with van der Waals surface area (Å²) in [5, 5.41) is 7.60. The molecule has 3 saturated heterocycles. The molecule has 0 aromatic heterocycles. The number of ether oxygens (including phenoxy) is 2. The summed E-state index contributed by atoms with van der Waals surface area (Å²) in [6.07, 6.45) is 7.74. The number of hydrogen-bond acceptors (Lipinski definition) is 6. The Bertz CT molecular complexity index is 451. The van der Waals surface area contributed by atoms with E-state index in [1.807, 2.05) is 7.11 Å². The minimum absolute atomic E-state index is 0.261. The predicted octanol–water partition coefficient (Wildman–Crippen LogP) is 1.21. The van der Waals surface area contributed by atoms with Gasteiger partial charge in [0.1, 0.15) is 0 Å². The fourth-order valence-electron chi connectivity index (χ4n) is 5.59. The van der Waals surface area contributed by atoms with E-state index in [0.29, 0.717) is 36.1 Å². The molecular weight excluding hydrogens is 352 g/mol. The van der Waals surface area contributed by atoms with Gasteiger partial charge < -0.3 is 14.8 Å². The maximum atomic E-state index is 6.41. The second-order valence-corrected chi connectivity index (χ2v) is 9.12. The van der Waals surface area contributed by atoms with E-state index in [1.54, 1.807) is 0 Å². The van der Waals surface area contributed by atoms with E-state index in [0.717, 1.165) is 45.5 Å². The molecular formula is C19H35ClN4O2. The summed E-state index contributed by atoms with van der Waals surface area (Å²) in [5.74, 6) is 1.78. The van der Waals surface area contributed by atoms with Gasteiger partial charge >= 0.3 is 0 Å². The largest absolute Gasteiger partial charge is 0.381 e. The number of alkyl halides is 1. The molecule has 3 aliphatic heterocycles. The fraction of sp³-hybridized carbons (Fsp3) is 1.00. The van der Waals surface area contributed by atoms with Crippen LogP contribution in [0, 0.1) is 17.8 Å². The zero-order valence-electron chi connectivity index (χ0n) is 15.9. The van der Waals surface area contributed by atoms with Crippen molar-refractivity contribution in [1.29, 1.82) is 0 Å². The Morgan fingerprint density at radius 2 is 2.04 bits per heavy atom. The Balaban J connectivity index is 1.40. The molecule has 8 atom stereocenters. The van der Waals surface area contributed by atoms with Gasteiger partial charge in [0.2, 0.25) is 0 Å². The normalized spacial score (nSPS) is 46.8. The van der Waals surface area contributed by atoms with Crippen molar-refractivity contribution in [3.05, 3.63) is 0 Å². The highest BCUT2D eigenvalue weighted by molar-refractivity contribution is 6.20. The summed E-state index contributed by atoms with van der Waals surface area (Å²) in [7, 11) is 1.84. The summed E-state index contributed by atoms with van der Waals surface area (Å²) in [6.45, 7) is 4.03. The fourth-order valence-corrected chi connectivity index (χ4v) is 5.89. The minimum Gasteiger partial charge on any atom is -0.381 e. The van der Waals surface area contributed by atoms with Crippen molar-refractivity contribution in [2.75, 3.05) is 33.4 Å². The number of hydrazine groups is 1. The number of halogens is 1. The summed E-state index contributed by atoms with van der Waals surface area (Å²) >= 11 is 6.41. The average Bonchev–Trinajstić information content (AvgIpc) is 3.20. The van der Waals surface area contributed by atoms with Gasteiger partial charge in [-0.15, -0.1) is 11.6 Å². The summed E-state index contributed by atoms with van der Waals surface area (Å²) in [4.78, 5) is 0. The highest BCUT2D eigenvalue weighted by atomic mass is 35.5. The van der Waals surface area contributed by atoms with Crippen molar-refractivity contribution >= 4 is 11.6 Å². The third-order valence-electron chi connectivity index (χ3n) is 7.01. The molecule has 4 rings (SSSR count). The number of methoxy groups -OCH3 is 1. The zero-order chi connectivity index (χ0) is 17.9. The molecule has 7 unspecified atom stereocenters. The maximum absolute atomic E-state index is 6.41. The molecule has 0 aromatic rings. The Kier molecular flexibility index (Phi) is 6.73. The highest BCUT2D eigenvalue weighted by Gasteiger charge is 2.46. The van der Waals surface area contributed by atoms with Crippen LogP contribution < -0.4 is 21.5 Å². The monoisotopic (exact) mass is 386 g/mol. The van der Waals surface area contributed by atoms with Crippen LogP contribution in [0.15, 0.2) is 0 Å². The first-order chi connectivity index (χ1) is 12.8. The van der Waals surface area contributed by atoms with Crippen LogP contribution >= 0.6 is 11.6 Å². The van der Waals surface area contributed by atoms with Gasteiger partial charge in [-0.2, -0.15) is 0 Å². The first-order valence-corrected chi connectivity index (χ1v) is 10.9. The Hall–Kier alpha value is 0.0500. The molecule has 0 bridgehead atoms. The number of nitrogens with one attached hydrogen (secondary N) is 4. The number of rotatable bonds is 5. The number of hydrogen-bond donors (Lipinski definition) is 4. The lowest BCUT2D eigenvalue weighted by atomic mass is 9.69. The van der Waals surface area contributed by atoms with Gasteiger partial charge in [-0.1, -0.05) is 0 Å². The lowest BCUT2D eigenvalue weighted by molar-refractivity contribution is -0.0390. The van der Waals surface area contributed by atoms with Crippen molar-refractivity contribution in [3.8, 4) is 0 Å². The van der Waals surface area contributed by atoms with Crippen LogP contribution in [-0.2, 0) is 9.47 Å². The molecule has 4 aliphatic rings. The molecule has 1 saturated carbocycles. The van der Waals surface area contributed by atoms with Crippen LogP contribution in [-0.4, -0.2) is 63.1 Å². The molecule has 1 aliphatic carbocycles. The molecule has 0 radical (unpaired) electrons. The smallest absolute Gasteiger partial charge is 0.0749 e. The predicted molar refractivity (Wildman–Crippen MR) is 103 cm³/mol. The molecule has 4 N–H and O–H groups in total. The molecule has 6 nitrogen and oxygen atoms in total. The minimum atomic E-state index is 0.261. The van der Waals surface area contributed by atoms with Gasteiger partial charge in [0.15, 0.2) is 0 Å². The Morgan fingerprint density at radius 3 is 2.85 bits per heavy atom. The van der Waals surface area contributed by atoms with E-state index in [9.17, 15) is 0 Å². The lowest BCUT2D eigenvalue weighted by Crippen LogP contribution is -2.71. The summed E-state index contributed by atoms with van der Waals surface area (Å²) < 4.78 is 11.6. The van der Waals surface area contributed by atoms with Crippen LogP contribution in [0.4, 0.5) is 0 Å². The van der Waals surface area contributed by atoms with E-state index < -0.39 is 0 Å². The summed E-state index contributed by atoms with van der Waals surface area (Å²) in [6, 6.07) is 0.456. The van der Waals surface area contributed by atoms with E-state index in [1.165, 1.54) is 19.3 Å². The van der Waals surface area contributed by atoms with Crippen LogP contribution in [0.5, 0.6) is 0 Å². The third-order valence-corrected chi connectivity index (χ3v) is 7.41. The Morgan fingerprint density at radius 1 is 1.12 bits per heavy atom. The van der Waals surface area contributed by atoms with Crippen molar-refractivity contribution in [3.63, 3.8) is 0 Å². The number of fused-ring (bicyclic) bond motifs is 1. The molecule has 150 valence electrons. The van der Waals surface area contributed by atoms with Crippen molar-refractivity contribution in [1.82, 2.24) is 21.5 Å². The van der Waals surface area contributed by atoms with Crippen LogP contribution in [0.3, 0.4) is 0 Å². The van der Waals surface area contributed by atoms with Gasteiger partial charge in [-0.05, 0) is 51.0 Å². The van der Waals surface area contributed by atoms with Crippen LogP contribution in [0.1, 0.15) is 38.5 Å². The quantitative estimate of drug-likeness (QED) is 0.532. The Labute approximate surface area is 162 Å². The van der Waals surface area contributed by atoms with Gasteiger partial charge in [-0.3, -0.25) is 10.7 Å². The molecule has 4 fully saturated rings. The van der Waals surface area contributed by atoms with Gasteiger partial charge in [0, 0.05) is 50.1 Å². The number of piperidine rings is 1. The lowest BCUT2D eigenvalue weighted by Gasteiger charge is -2.51. The highest BCUT2D eigenvalue weighted by Crippen LogP contribution is 2.39. The van der Waals surface area contributed by atoms with E-state index in [-0.39, 0.29) is 11.5 Å². The molecule has 3 heterocycles. The zero-order valence-corrected chi connectivity index (χ0v) is 16.6.